The van der Waals surface area contributed by atoms with E-state index in [1.165, 1.54) is 6.92 Å². The summed E-state index contributed by atoms with van der Waals surface area (Å²) in [6, 6.07) is 7.67. The van der Waals surface area contributed by atoms with Crippen LogP contribution in [0.4, 0.5) is 0 Å². The second kappa shape index (κ2) is 7.31. The predicted molar refractivity (Wildman–Crippen MR) is 98.9 cm³/mol. The largest absolute Gasteiger partial charge is 0.342 e. The van der Waals surface area contributed by atoms with Crippen molar-refractivity contribution in [3.8, 4) is 0 Å². The average molecular weight is 373 g/mol. The van der Waals surface area contributed by atoms with E-state index >= 15 is 0 Å². The van der Waals surface area contributed by atoms with E-state index in [1.54, 1.807) is 15.3 Å². The van der Waals surface area contributed by atoms with Gasteiger partial charge in [0.05, 0.1) is 11.3 Å². The molecule has 3 amide bonds. The monoisotopic (exact) mass is 373 g/mol. The van der Waals surface area contributed by atoms with E-state index in [9.17, 15) is 14.4 Å². The van der Waals surface area contributed by atoms with Crippen molar-refractivity contribution >= 4 is 17.7 Å². The second-order valence-electron chi connectivity index (χ2n) is 7.85. The van der Waals surface area contributed by atoms with Gasteiger partial charge >= 0.3 is 0 Å². The van der Waals surface area contributed by atoms with Crippen LogP contribution >= 0.6 is 0 Å². The van der Waals surface area contributed by atoms with Crippen LogP contribution in [0, 0.1) is 12.8 Å². The number of piperidine rings is 1. The molecule has 0 aliphatic carbocycles. The first-order valence-electron chi connectivity index (χ1n) is 9.35. The maximum atomic E-state index is 13.3. The molecule has 2 heterocycles. The van der Waals surface area contributed by atoms with Gasteiger partial charge in [-0.25, -0.2) is 5.48 Å². The molecule has 7 nitrogen and oxygen atoms in total. The van der Waals surface area contributed by atoms with Crippen molar-refractivity contribution in [3.05, 3.63) is 35.4 Å². The van der Waals surface area contributed by atoms with Gasteiger partial charge in [0.2, 0.25) is 17.7 Å². The Labute approximate surface area is 159 Å². The Morgan fingerprint density at radius 1 is 1.22 bits per heavy atom. The predicted octanol–water partition coefficient (Wildman–Crippen LogP) is 1.23. The molecule has 3 unspecified atom stereocenters. The summed E-state index contributed by atoms with van der Waals surface area (Å²) in [5.74, 6) is -1.30. The molecule has 0 spiro atoms. The number of nitrogens with zero attached hydrogens (tertiary/aromatic N) is 2. The molecule has 2 N–H and O–H groups in total. The summed E-state index contributed by atoms with van der Waals surface area (Å²) in [7, 11) is 0. The molecule has 0 saturated carbocycles. The maximum absolute atomic E-state index is 13.3. The Balaban J connectivity index is 1.85. The highest BCUT2D eigenvalue weighted by Crippen LogP contribution is 2.39. The number of rotatable bonds is 3. The number of aryl methyl sites for hydroxylation is 1. The lowest BCUT2D eigenvalue weighted by Gasteiger charge is -2.41. The van der Waals surface area contributed by atoms with Crippen LogP contribution in [0.25, 0.3) is 0 Å². The molecule has 7 heteroatoms. The SMILES string of the molecule is CC(=O)N1CCC(N2CCC(C)(c3ccc(C)cc3)C2=O)C(C(=O)NO)C1. The first-order chi connectivity index (χ1) is 12.8. The molecule has 3 atom stereocenters. The Hall–Kier alpha value is -2.41. The standard InChI is InChI=1S/C20H27N3O4/c1-13-4-6-15(7-5-13)20(3)9-11-23(19(20)26)17-8-10-22(14(2)24)12-16(17)18(25)21-27/h4-7,16-17,27H,8-12H2,1-3H3,(H,21,25). The number of carbonyl (C=O) groups excluding carboxylic acids is 3. The first-order valence-corrected chi connectivity index (χ1v) is 9.35. The number of amides is 3. The summed E-state index contributed by atoms with van der Waals surface area (Å²) in [5.41, 5.74) is 3.20. The minimum Gasteiger partial charge on any atom is -0.342 e. The van der Waals surface area contributed by atoms with Crippen LogP contribution in [-0.2, 0) is 19.8 Å². The fourth-order valence-electron chi connectivity index (χ4n) is 4.31. The van der Waals surface area contributed by atoms with E-state index in [1.807, 2.05) is 38.1 Å². The van der Waals surface area contributed by atoms with Gasteiger partial charge < -0.3 is 9.80 Å². The summed E-state index contributed by atoms with van der Waals surface area (Å²) < 4.78 is 0. The zero-order valence-corrected chi connectivity index (χ0v) is 16.1. The number of carbonyl (C=O) groups is 3. The highest BCUT2D eigenvalue weighted by molar-refractivity contribution is 5.91. The highest BCUT2D eigenvalue weighted by Gasteiger charge is 2.49. The summed E-state index contributed by atoms with van der Waals surface area (Å²) in [4.78, 5) is 40.7. The minimum absolute atomic E-state index is 0.00312. The van der Waals surface area contributed by atoms with Crippen molar-refractivity contribution in [1.29, 1.82) is 0 Å². The van der Waals surface area contributed by atoms with Crippen molar-refractivity contribution in [2.75, 3.05) is 19.6 Å². The van der Waals surface area contributed by atoms with Crippen molar-refractivity contribution < 1.29 is 19.6 Å². The molecule has 0 aromatic heterocycles. The Morgan fingerprint density at radius 2 is 1.89 bits per heavy atom. The van der Waals surface area contributed by atoms with Gasteiger partial charge in [-0.15, -0.1) is 0 Å². The molecule has 2 aliphatic rings. The quantitative estimate of drug-likeness (QED) is 0.616. The second-order valence-corrected chi connectivity index (χ2v) is 7.85. The van der Waals surface area contributed by atoms with Gasteiger partial charge in [0.15, 0.2) is 0 Å². The lowest BCUT2D eigenvalue weighted by atomic mass is 9.80. The smallest absolute Gasteiger partial charge is 0.250 e. The normalized spacial score (nSPS) is 28.4. The van der Waals surface area contributed by atoms with Crippen LogP contribution in [0.3, 0.4) is 0 Å². The number of likely N-dealkylation sites (tertiary alicyclic amines) is 2. The van der Waals surface area contributed by atoms with Crippen LogP contribution in [0.5, 0.6) is 0 Å². The summed E-state index contributed by atoms with van der Waals surface area (Å²) in [6.45, 7) is 6.69. The van der Waals surface area contributed by atoms with Gasteiger partial charge in [-0.3, -0.25) is 19.6 Å². The Morgan fingerprint density at radius 3 is 2.48 bits per heavy atom. The number of benzene rings is 1. The Bertz CT molecular complexity index is 748. The van der Waals surface area contributed by atoms with Crippen LogP contribution in [-0.4, -0.2) is 58.4 Å². The average Bonchev–Trinajstić information content (AvgIpc) is 2.97. The van der Waals surface area contributed by atoms with E-state index in [2.05, 4.69) is 0 Å². The van der Waals surface area contributed by atoms with E-state index in [4.69, 9.17) is 5.21 Å². The van der Waals surface area contributed by atoms with E-state index < -0.39 is 17.2 Å². The summed E-state index contributed by atoms with van der Waals surface area (Å²) >= 11 is 0. The highest BCUT2D eigenvalue weighted by atomic mass is 16.5. The summed E-state index contributed by atoms with van der Waals surface area (Å²) in [5, 5.41) is 9.14. The van der Waals surface area contributed by atoms with Gasteiger partial charge in [-0.1, -0.05) is 29.8 Å². The Kier molecular flexibility index (Phi) is 5.24. The molecule has 27 heavy (non-hydrogen) atoms. The van der Waals surface area contributed by atoms with E-state index in [0.717, 1.165) is 11.1 Å². The number of hydrogen-bond acceptors (Lipinski definition) is 4. The lowest BCUT2D eigenvalue weighted by molar-refractivity contribution is -0.145. The molecule has 1 aromatic rings. The third-order valence-corrected chi connectivity index (χ3v) is 6.14. The lowest BCUT2D eigenvalue weighted by Crippen LogP contribution is -2.57. The van der Waals surface area contributed by atoms with Crippen molar-refractivity contribution in [2.45, 2.75) is 45.1 Å². The molecule has 3 rings (SSSR count). The van der Waals surface area contributed by atoms with E-state index in [0.29, 0.717) is 25.9 Å². The molecule has 2 saturated heterocycles. The van der Waals surface area contributed by atoms with Gasteiger partial charge in [0.25, 0.3) is 0 Å². The molecule has 0 radical (unpaired) electrons. The maximum Gasteiger partial charge on any atom is 0.250 e. The number of hydrogen-bond donors (Lipinski definition) is 2. The number of nitrogens with one attached hydrogen (secondary N) is 1. The van der Waals surface area contributed by atoms with Crippen LogP contribution in [0.1, 0.15) is 37.8 Å². The van der Waals surface area contributed by atoms with Crippen LogP contribution in [0.2, 0.25) is 0 Å². The van der Waals surface area contributed by atoms with Crippen LogP contribution in [0.15, 0.2) is 24.3 Å². The fraction of sp³-hybridized carbons (Fsp3) is 0.550. The third-order valence-electron chi connectivity index (χ3n) is 6.14. The molecular weight excluding hydrogens is 346 g/mol. The molecule has 2 fully saturated rings. The number of hydroxylamine groups is 1. The van der Waals surface area contributed by atoms with E-state index in [-0.39, 0.29) is 24.4 Å². The third kappa shape index (κ3) is 3.43. The molecule has 1 aromatic carbocycles. The zero-order chi connectivity index (χ0) is 19.8. The molecule has 2 aliphatic heterocycles. The molecule has 146 valence electrons. The van der Waals surface area contributed by atoms with Crippen molar-refractivity contribution in [1.82, 2.24) is 15.3 Å². The molecular formula is C20H27N3O4. The minimum atomic E-state index is -0.642. The van der Waals surface area contributed by atoms with Gasteiger partial charge in [-0.2, -0.15) is 0 Å². The van der Waals surface area contributed by atoms with Gasteiger partial charge in [0, 0.05) is 32.6 Å². The van der Waals surface area contributed by atoms with Gasteiger partial charge in [0.1, 0.15) is 0 Å². The van der Waals surface area contributed by atoms with Crippen molar-refractivity contribution in [3.63, 3.8) is 0 Å². The van der Waals surface area contributed by atoms with Crippen molar-refractivity contribution in [2.24, 2.45) is 5.92 Å². The van der Waals surface area contributed by atoms with Crippen LogP contribution < -0.4 is 5.48 Å². The summed E-state index contributed by atoms with van der Waals surface area (Å²) in [6.07, 6.45) is 1.20. The zero-order valence-electron chi connectivity index (χ0n) is 16.1. The molecule has 0 bridgehead atoms. The van der Waals surface area contributed by atoms with Gasteiger partial charge in [-0.05, 0) is 32.3 Å². The first kappa shape index (κ1) is 19.4. The fourth-order valence-corrected chi connectivity index (χ4v) is 4.31. The topological polar surface area (TPSA) is 90.0 Å².